The second-order valence-corrected chi connectivity index (χ2v) is 17.5. The van der Waals surface area contributed by atoms with Crippen LogP contribution in [0.25, 0.3) is 22.0 Å². The van der Waals surface area contributed by atoms with Crippen LogP contribution >= 0.6 is 23.4 Å². The molecule has 3 aromatic carbocycles. The van der Waals surface area contributed by atoms with E-state index in [1.54, 1.807) is 37.5 Å². The van der Waals surface area contributed by atoms with Gasteiger partial charge in [-0.1, -0.05) is 65.8 Å². The molecular formula is C42H50ClN9O5S2. The lowest BCUT2D eigenvalue weighted by molar-refractivity contribution is -0.142. The minimum Gasteiger partial charge on any atom is -0.361 e. The maximum Gasteiger partial charge on any atom is 0.245 e. The van der Waals surface area contributed by atoms with Crippen molar-refractivity contribution < 1.29 is 22.8 Å². The molecule has 3 amide bonds. The van der Waals surface area contributed by atoms with Crippen molar-refractivity contribution in [3.05, 3.63) is 107 Å². The zero-order valence-corrected chi connectivity index (χ0v) is 35.1. The van der Waals surface area contributed by atoms with Gasteiger partial charge in [-0.05, 0) is 103 Å². The number of nitrogens with one attached hydrogen (secondary N) is 4. The maximum absolute atomic E-state index is 14.7. The number of fused-ring (bicyclic) bond motifs is 3. The molecule has 3 heterocycles. The highest BCUT2D eigenvalue weighted by molar-refractivity contribution is 7.99. The van der Waals surface area contributed by atoms with E-state index in [4.69, 9.17) is 33.2 Å². The summed E-state index contributed by atoms with van der Waals surface area (Å²) in [6.07, 6.45) is 6.19. The monoisotopic (exact) mass is 859 g/mol. The van der Waals surface area contributed by atoms with Crippen molar-refractivity contribution in [1.82, 2.24) is 30.8 Å². The molecule has 0 fully saturated rings. The van der Waals surface area contributed by atoms with E-state index in [0.29, 0.717) is 76.8 Å². The first-order valence-corrected chi connectivity index (χ1v) is 22.2. The molecule has 3 atom stereocenters. The van der Waals surface area contributed by atoms with Crippen LogP contribution in [0.5, 0.6) is 0 Å². The first-order chi connectivity index (χ1) is 28.4. The Labute approximate surface area is 353 Å². The molecule has 0 saturated heterocycles. The summed E-state index contributed by atoms with van der Waals surface area (Å²) in [6.45, 7) is 1.04. The second kappa shape index (κ2) is 20.0. The predicted octanol–water partition coefficient (Wildman–Crippen LogP) is 4.19. The third-order valence-electron chi connectivity index (χ3n) is 10.5. The van der Waals surface area contributed by atoms with Crippen LogP contribution in [0.1, 0.15) is 48.8 Å². The number of hydrogen-bond acceptors (Lipinski definition) is 10. The van der Waals surface area contributed by atoms with E-state index in [0.717, 1.165) is 22.0 Å². The number of amides is 3. The molecule has 0 unspecified atom stereocenters. The molecule has 6 rings (SSSR count). The van der Waals surface area contributed by atoms with Crippen molar-refractivity contribution >= 4 is 62.0 Å². The number of unbranched alkanes of at least 4 members (excludes halogenated alkanes) is 1. The molecule has 0 spiro atoms. The summed E-state index contributed by atoms with van der Waals surface area (Å²) in [5, 5.41) is 16.9. The number of primary sulfonamides is 1. The minimum absolute atomic E-state index is 0.0152. The Hall–Kier alpha value is -4.81. The second-order valence-electron chi connectivity index (χ2n) is 14.5. The normalized spacial score (nSPS) is 18.5. The number of rotatable bonds is 11. The number of halogens is 1. The van der Waals surface area contributed by atoms with E-state index in [9.17, 15) is 22.8 Å². The fraction of sp³-hybridized carbons (Fsp3) is 0.333. The van der Waals surface area contributed by atoms with Gasteiger partial charge in [-0.15, -0.1) is 0 Å². The number of sulfonamides is 1. The molecule has 17 heteroatoms. The summed E-state index contributed by atoms with van der Waals surface area (Å²) in [7, 11) is -2.36. The summed E-state index contributed by atoms with van der Waals surface area (Å²) >= 11 is 8.31. The van der Waals surface area contributed by atoms with Crippen LogP contribution in [-0.2, 0) is 43.9 Å². The molecular weight excluding hydrogens is 810 g/mol. The number of hydrogen-bond donors (Lipinski definition) is 7. The van der Waals surface area contributed by atoms with Crippen molar-refractivity contribution in [2.75, 3.05) is 20.1 Å². The molecule has 10 N–H and O–H groups in total. The van der Waals surface area contributed by atoms with Crippen molar-refractivity contribution in [3.8, 4) is 11.1 Å². The average molecular weight is 861 g/mol. The van der Waals surface area contributed by atoms with E-state index in [-0.39, 0.29) is 30.3 Å². The summed E-state index contributed by atoms with van der Waals surface area (Å²) < 4.78 is 24.2. The number of carbonyl (C=O) groups is 3. The average Bonchev–Trinajstić information content (AvgIpc) is 3.64. The molecule has 1 aliphatic rings. The summed E-state index contributed by atoms with van der Waals surface area (Å²) in [4.78, 5) is 53.4. The molecule has 14 nitrogen and oxygen atoms in total. The minimum atomic E-state index is -3.95. The number of benzene rings is 3. The fourth-order valence-corrected chi connectivity index (χ4v) is 9.09. The van der Waals surface area contributed by atoms with Crippen LogP contribution < -0.4 is 32.6 Å². The van der Waals surface area contributed by atoms with Crippen molar-refractivity contribution in [1.29, 1.82) is 0 Å². The number of para-hydroxylation sites is 1. The largest absolute Gasteiger partial charge is 0.361 e. The highest BCUT2D eigenvalue weighted by Gasteiger charge is 2.34. The van der Waals surface area contributed by atoms with E-state index < -0.39 is 40.0 Å². The Morgan fingerprint density at radius 3 is 2.37 bits per heavy atom. The zero-order valence-electron chi connectivity index (χ0n) is 32.7. The van der Waals surface area contributed by atoms with Gasteiger partial charge in [0.1, 0.15) is 17.1 Å². The molecule has 5 aromatic rings. The van der Waals surface area contributed by atoms with E-state index in [1.165, 1.54) is 28.8 Å². The Bertz CT molecular complexity index is 2390. The highest BCUT2D eigenvalue weighted by atomic mass is 35.5. The standard InChI is InChI=1S/C42H50ClN9O5S2/c1-52-37(22-28-24-48-34-10-3-2-9-31(28)34)40(54)50-25-32-30(26-13-15-29(16-14-26)59(46,56)57)17-18-33(43)38(32)58-41-27(8-7-21-47-41)23-49-35(12-6-20-45)39(53)51-36(42(52)55)11-4-5-19-44/h2-3,7-10,13-18,21,24,35-37,48-49H,4-6,11-12,19-20,22-23,25,44-45H2,1H3,(H,50,54)(H,51,53)(H2,46,56,57)/t35-,36-,37-/m0/s1. The topological polar surface area (TPSA) is 231 Å². The van der Waals surface area contributed by atoms with E-state index in [2.05, 4.69) is 20.9 Å². The van der Waals surface area contributed by atoms with Crippen molar-refractivity contribution in [2.45, 2.75) is 84.6 Å². The molecule has 0 aliphatic carbocycles. The van der Waals surface area contributed by atoms with Crippen LogP contribution in [0.4, 0.5) is 0 Å². The summed E-state index contributed by atoms with van der Waals surface area (Å²) in [5.41, 5.74) is 16.2. The van der Waals surface area contributed by atoms with E-state index >= 15 is 0 Å². The molecule has 312 valence electrons. The Morgan fingerprint density at radius 1 is 0.881 bits per heavy atom. The number of nitrogens with zero attached hydrogens (tertiary/aromatic N) is 2. The Kier molecular flexibility index (Phi) is 14.8. The zero-order chi connectivity index (χ0) is 42.1. The smallest absolute Gasteiger partial charge is 0.245 e. The number of likely N-dealkylation sites (N-methyl/N-ethyl adjacent to an activating group) is 1. The van der Waals surface area contributed by atoms with Crippen LogP contribution in [0.2, 0.25) is 5.02 Å². The number of aromatic amines is 1. The molecule has 0 saturated carbocycles. The fourth-order valence-electron chi connectivity index (χ4n) is 7.24. The molecule has 0 bridgehead atoms. The summed E-state index contributed by atoms with van der Waals surface area (Å²) in [5.74, 6) is -1.21. The lowest BCUT2D eigenvalue weighted by atomic mass is 9.98. The van der Waals surface area contributed by atoms with Gasteiger partial charge in [0.25, 0.3) is 0 Å². The summed E-state index contributed by atoms with van der Waals surface area (Å²) in [6, 6.07) is 18.5. The number of nitrogens with two attached hydrogens (primary N) is 3. The van der Waals surface area contributed by atoms with Crippen LogP contribution in [0.3, 0.4) is 0 Å². The number of pyridine rings is 1. The van der Waals surface area contributed by atoms with Gasteiger partial charge in [-0.25, -0.2) is 18.5 Å². The number of aromatic nitrogens is 2. The van der Waals surface area contributed by atoms with Gasteiger partial charge >= 0.3 is 0 Å². The number of carbonyl (C=O) groups excluding carboxylic acids is 3. The van der Waals surface area contributed by atoms with Crippen LogP contribution in [-0.4, -0.2) is 79.3 Å². The lowest BCUT2D eigenvalue weighted by Gasteiger charge is -2.32. The predicted molar refractivity (Wildman–Crippen MR) is 231 cm³/mol. The first kappa shape index (κ1) is 43.8. The van der Waals surface area contributed by atoms with Gasteiger partial charge in [-0.3, -0.25) is 14.4 Å². The van der Waals surface area contributed by atoms with Gasteiger partial charge in [0.2, 0.25) is 27.7 Å². The van der Waals surface area contributed by atoms with Gasteiger partial charge in [0, 0.05) is 54.8 Å². The third kappa shape index (κ3) is 10.7. The van der Waals surface area contributed by atoms with Gasteiger partial charge in [0.15, 0.2) is 0 Å². The van der Waals surface area contributed by atoms with Gasteiger partial charge < -0.3 is 37.3 Å². The quantitative estimate of drug-likeness (QED) is 0.0937. The van der Waals surface area contributed by atoms with Crippen molar-refractivity contribution in [2.24, 2.45) is 16.6 Å². The SMILES string of the molecule is CN1C(=O)[C@H](CCCCN)NC(=O)[C@H](CCCN)NCc2cccnc2Sc2c(Cl)ccc(-c3ccc(S(N)(=O)=O)cc3)c2CNC(=O)[C@@H]1Cc1c[nH]c2ccccc12. The van der Waals surface area contributed by atoms with Crippen LogP contribution in [0, 0.1) is 0 Å². The third-order valence-corrected chi connectivity index (χ3v) is 13.1. The lowest BCUT2D eigenvalue weighted by Crippen LogP contribution is -2.57. The molecule has 2 aromatic heterocycles. The van der Waals surface area contributed by atoms with E-state index in [1.807, 2.05) is 42.6 Å². The highest BCUT2D eigenvalue weighted by Crippen LogP contribution is 2.41. The van der Waals surface area contributed by atoms with Gasteiger partial charge in [0.05, 0.1) is 16.0 Å². The molecule has 0 radical (unpaired) electrons. The van der Waals surface area contributed by atoms with Gasteiger partial charge in [-0.2, -0.15) is 0 Å². The van der Waals surface area contributed by atoms with Crippen LogP contribution in [0.15, 0.2) is 100 Å². The molecule has 1 aliphatic heterocycles. The maximum atomic E-state index is 14.7. The Morgan fingerprint density at radius 2 is 1.63 bits per heavy atom. The number of H-pyrrole nitrogens is 1. The molecule has 59 heavy (non-hydrogen) atoms. The van der Waals surface area contributed by atoms with Crippen molar-refractivity contribution in [3.63, 3.8) is 0 Å². The Balaban J connectivity index is 1.48. The first-order valence-electron chi connectivity index (χ1n) is 19.5.